The summed E-state index contributed by atoms with van der Waals surface area (Å²) in [5, 5.41) is 0. The molecule has 0 saturated carbocycles. The van der Waals surface area contributed by atoms with Crippen LogP contribution < -0.4 is 32.4 Å². The van der Waals surface area contributed by atoms with Gasteiger partial charge >= 0.3 is 0 Å². The first kappa shape index (κ1) is 63.4. The molecule has 0 bridgehead atoms. The van der Waals surface area contributed by atoms with E-state index in [2.05, 4.69) is 13.8 Å². The van der Waals surface area contributed by atoms with Crippen molar-refractivity contribution >= 4 is 61.4 Å². The van der Waals surface area contributed by atoms with Gasteiger partial charge in [0.1, 0.15) is 11.5 Å². The highest BCUT2D eigenvalue weighted by Gasteiger charge is 2.21. The average molecular weight is 907 g/mol. The summed E-state index contributed by atoms with van der Waals surface area (Å²) in [4.78, 5) is 30.3. The van der Waals surface area contributed by atoms with Gasteiger partial charge in [-0.25, -0.2) is 0 Å². The first-order chi connectivity index (χ1) is 26.4. The lowest BCUT2D eigenvalue weighted by atomic mass is 10.1. The third-order valence-electron chi connectivity index (χ3n) is 10.3. The van der Waals surface area contributed by atoms with E-state index in [9.17, 15) is 9.59 Å². The number of unbranched alkanes of at least 4 members (excludes halogenated alkanes) is 16. The molecule has 0 saturated heterocycles. The fraction of sp³-hybridized carbons (Fsp3) is 0.818. The van der Waals surface area contributed by atoms with Crippen molar-refractivity contribution < 1.29 is 19.1 Å². The van der Waals surface area contributed by atoms with Crippen LogP contribution in [-0.2, 0) is 9.59 Å². The number of carbonyl (C=O) groups is 2. The van der Waals surface area contributed by atoms with Gasteiger partial charge < -0.3 is 42.2 Å². The van der Waals surface area contributed by atoms with Crippen LogP contribution in [0.15, 0.2) is 24.3 Å². The molecule has 1 rings (SSSR count). The second kappa shape index (κ2) is 45.3. The van der Waals surface area contributed by atoms with Crippen molar-refractivity contribution in [1.82, 2.24) is 9.80 Å². The fourth-order valence-electron chi connectivity index (χ4n) is 6.74. The van der Waals surface area contributed by atoms with Crippen LogP contribution in [0.2, 0.25) is 0 Å². The van der Waals surface area contributed by atoms with E-state index in [1.54, 1.807) is 0 Å². The lowest BCUT2D eigenvalue weighted by molar-refractivity contribution is -0.133. The zero-order valence-electron chi connectivity index (χ0n) is 36.6. The van der Waals surface area contributed by atoms with Gasteiger partial charge in [0.15, 0.2) is 0 Å². The predicted molar refractivity (Wildman–Crippen MR) is 256 cm³/mol. The lowest BCUT2D eigenvalue weighted by Crippen LogP contribution is -2.44. The summed E-state index contributed by atoms with van der Waals surface area (Å²) in [6, 6.07) is 6.89. The molecular formula is C44H88Cl4N6O4. The van der Waals surface area contributed by atoms with Crippen LogP contribution in [-0.4, -0.2) is 86.2 Å². The van der Waals surface area contributed by atoms with Crippen LogP contribution in [0.25, 0.3) is 0 Å². The molecule has 14 heteroatoms. The first-order valence-corrected chi connectivity index (χ1v) is 22.2. The van der Waals surface area contributed by atoms with E-state index in [0.717, 1.165) is 102 Å². The quantitative estimate of drug-likeness (QED) is 0.0477. The molecular weight excluding hydrogens is 818 g/mol. The van der Waals surface area contributed by atoms with Gasteiger partial charge in [-0.05, 0) is 102 Å². The number of nitrogens with zero attached hydrogens (tertiary/aromatic N) is 2. The predicted octanol–water partition coefficient (Wildman–Crippen LogP) is 9.76. The Balaban J connectivity index is -0.00000364. The molecule has 0 aromatic heterocycles. The van der Waals surface area contributed by atoms with Gasteiger partial charge in [0.05, 0.1) is 25.3 Å². The molecule has 0 aliphatic carbocycles. The monoisotopic (exact) mass is 905 g/mol. The highest BCUT2D eigenvalue weighted by atomic mass is 35.5. The van der Waals surface area contributed by atoms with Crippen LogP contribution in [0.3, 0.4) is 0 Å². The van der Waals surface area contributed by atoms with Crippen molar-refractivity contribution in [3.63, 3.8) is 0 Å². The molecule has 0 unspecified atom stereocenters. The summed E-state index contributed by atoms with van der Waals surface area (Å²) in [6.45, 7) is 9.90. The van der Waals surface area contributed by atoms with Crippen LogP contribution >= 0.6 is 49.6 Å². The van der Waals surface area contributed by atoms with Crippen molar-refractivity contribution in [2.45, 2.75) is 180 Å². The summed E-state index contributed by atoms with van der Waals surface area (Å²) in [5.41, 5.74) is 23.9. The SMILES string of the molecule is CCCCCCCCCN(CCCCOc1ccc(OCCCCN(CCCCCCCCC)C(=O)[C@@H](N)CCCCN)cc1)C(=O)[C@@H](N)CCCCN.Cl.Cl.Cl.Cl. The van der Waals surface area contributed by atoms with Gasteiger partial charge in [-0.15, -0.1) is 49.6 Å². The van der Waals surface area contributed by atoms with Gasteiger partial charge in [0, 0.05) is 26.2 Å². The Hall–Kier alpha value is -1.24. The molecule has 0 heterocycles. The van der Waals surface area contributed by atoms with Crippen LogP contribution in [0.4, 0.5) is 0 Å². The topological polar surface area (TPSA) is 163 Å². The molecule has 0 spiro atoms. The third kappa shape index (κ3) is 33.5. The van der Waals surface area contributed by atoms with Crippen molar-refractivity contribution in [3.8, 4) is 11.5 Å². The van der Waals surface area contributed by atoms with Crippen LogP contribution in [0.1, 0.15) is 168 Å². The fourth-order valence-corrected chi connectivity index (χ4v) is 6.74. The van der Waals surface area contributed by atoms with Crippen molar-refractivity contribution in [2.75, 3.05) is 52.5 Å². The number of ether oxygens (including phenoxy) is 2. The van der Waals surface area contributed by atoms with E-state index < -0.39 is 12.1 Å². The molecule has 1 aromatic carbocycles. The summed E-state index contributed by atoms with van der Waals surface area (Å²) < 4.78 is 12.0. The van der Waals surface area contributed by atoms with E-state index >= 15 is 0 Å². The Morgan fingerprint density at radius 2 is 0.759 bits per heavy atom. The van der Waals surface area contributed by atoms with E-state index in [1.165, 1.54) is 64.2 Å². The number of amides is 2. The minimum Gasteiger partial charge on any atom is -0.494 e. The summed E-state index contributed by atoms with van der Waals surface area (Å²) >= 11 is 0. The number of carbonyl (C=O) groups excluding carboxylic acids is 2. The molecule has 1 aromatic rings. The Labute approximate surface area is 379 Å². The van der Waals surface area contributed by atoms with Gasteiger partial charge in [-0.2, -0.15) is 0 Å². The van der Waals surface area contributed by atoms with Crippen molar-refractivity contribution in [1.29, 1.82) is 0 Å². The average Bonchev–Trinajstić information content (AvgIpc) is 3.18. The van der Waals surface area contributed by atoms with Gasteiger partial charge in [-0.1, -0.05) is 104 Å². The van der Waals surface area contributed by atoms with Gasteiger partial charge in [0.2, 0.25) is 11.8 Å². The number of benzene rings is 1. The van der Waals surface area contributed by atoms with E-state index in [4.69, 9.17) is 32.4 Å². The largest absolute Gasteiger partial charge is 0.494 e. The molecule has 58 heavy (non-hydrogen) atoms. The normalized spacial score (nSPS) is 11.6. The smallest absolute Gasteiger partial charge is 0.239 e. The second-order valence-corrected chi connectivity index (χ2v) is 15.3. The number of rotatable bonds is 38. The summed E-state index contributed by atoms with van der Waals surface area (Å²) in [7, 11) is 0. The molecule has 2 amide bonds. The van der Waals surface area contributed by atoms with Gasteiger partial charge in [-0.3, -0.25) is 9.59 Å². The Bertz CT molecular complexity index is 955. The molecule has 0 aliphatic heterocycles. The minimum absolute atomic E-state index is 0. The molecule has 0 aliphatic rings. The molecule has 8 N–H and O–H groups in total. The molecule has 2 atom stereocenters. The third-order valence-corrected chi connectivity index (χ3v) is 10.3. The lowest BCUT2D eigenvalue weighted by Gasteiger charge is -2.26. The standard InChI is InChI=1S/C44H84N6O4.4ClH/c1-3-5-7-9-11-13-19-33-49(43(51)41(47)25-15-17-31-45)35-21-23-37-53-39-27-29-40(30-28-39)54-38-24-22-36-50(34-20-14-12-10-8-6-4-2)44(52)42(48)26-16-18-32-46;;;;/h27-30,41-42H,3-26,31-38,45-48H2,1-2H3;4*1H/t41-,42-;;;;/m0..../s1. The Morgan fingerprint density at radius 3 is 1.07 bits per heavy atom. The van der Waals surface area contributed by atoms with Gasteiger partial charge in [0.25, 0.3) is 0 Å². The van der Waals surface area contributed by atoms with E-state index in [0.29, 0.717) is 52.2 Å². The van der Waals surface area contributed by atoms with E-state index in [1.807, 2.05) is 34.1 Å². The van der Waals surface area contributed by atoms with Crippen LogP contribution in [0.5, 0.6) is 11.5 Å². The number of nitrogens with two attached hydrogens (primary N) is 4. The number of hydrogen-bond acceptors (Lipinski definition) is 8. The highest BCUT2D eigenvalue weighted by molar-refractivity contribution is 5.86. The summed E-state index contributed by atoms with van der Waals surface area (Å²) in [6.07, 6.45) is 25.5. The maximum atomic E-state index is 13.2. The van der Waals surface area contributed by atoms with Crippen LogP contribution in [0, 0.1) is 0 Å². The first-order valence-electron chi connectivity index (χ1n) is 22.2. The zero-order valence-corrected chi connectivity index (χ0v) is 39.8. The molecule has 346 valence electrons. The minimum atomic E-state index is -0.447. The molecule has 0 fully saturated rings. The van der Waals surface area contributed by atoms with Crippen molar-refractivity contribution in [2.24, 2.45) is 22.9 Å². The molecule has 10 nitrogen and oxygen atoms in total. The Kier molecular flexibility index (Phi) is 49.5. The number of hydrogen-bond donors (Lipinski definition) is 4. The number of halogens is 4. The molecule has 0 radical (unpaired) electrons. The Morgan fingerprint density at radius 1 is 0.466 bits per heavy atom. The van der Waals surface area contributed by atoms with Crippen molar-refractivity contribution in [3.05, 3.63) is 24.3 Å². The maximum absolute atomic E-state index is 13.2. The zero-order chi connectivity index (χ0) is 39.5. The maximum Gasteiger partial charge on any atom is 0.239 e. The summed E-state index contributed by atoms with van der Waals surface area (Å²) in [5.74, 6) is 1.76. The second-order valence-electron chi connectivity index (χ2n) is 15.3. The highest BCUT2D eigenvalue weighted by Crippen LogP contribution is 2.19. The van der Waals surface area contributed by atoms with E-state index in [-0.39, 0.29) is 61.4 Å².